The van der Waals surface area contributed by atoms with E-state index in [0.717, 1.165) is 35.9 Å². The van der Waals surface area contributed by atoms with Gasteiger partial charge in [0.1, 0.15) is 10.7 Å². The van der Waals surface area contributed by atoms with Crippen LogP contribution in [-0.2, 0) is 27.8 Å². The van der Waals surface area contributed by atoms with E-state index in [1.54, 1.807) is 0 Å². The minimum Gasteiger partial charge on any atom is -0.302 e. The number of fused-ring (bicyclic) bond motifs is 1. The first kappa shape index (κ1) is 17.6. The maximum Gasteiger partial charge on any atom is 0.246 e. The predicted octanol–water partition coefficient (Wildman–Crippen LogP) is 2.77. The highest BCUT2D eigenvalue weighted by Crippen LogP contribution is 2.33. The number of carbonyl (C=O) groups is 1. The van der Waals surface area contributed by atoms with Crippen molar-refractivity contribution in [2.75, 3.05) is 11.9 Å². The molecule has 0 atom stereocenters. The molecular formula is C17H18FN3O3S2. The fourth-order valence-corrected chi connectivity index (χ4v) is 5.68. The van der Waals surface area contributed by atoms with Crippen LogP contribution in [0.3, 0.4) is 0 Å². The molecule has 1 aromatic carbocycles. The molecule has 138 valence electrons. The topological polar surface area (TPSA) is 79.4 Å². The smallest absolute Gasteiger partial charge is 0.246 e. The summed E-state index contributed by atoms with van der Waals surface area (Å²) in [7, 11) is -3.91. The van der Waals surface area contributed by atoms with E-state index in [9.17, 15) is 17.6 Å². The number of hydrogen-bond acceptors (Lipinski definition) is 5. The molecule has 2 heterocycles. The molecule has 1 amide bonds. The van der Waals surface area contributed by atoms with Gasteiger partial charge in [-0.25, -0.2) is 17.8 Å². The predicted molar refractivity (Wildman–Crippen MR) is 95.8 cm³/mol. The van der Waals surface area contributed by atoms with Gasteiger partial charge >= 0.3 is 0 Å². The molecule has 1 N–H and O–H groups in total. The van der Waals surface area contributed by atoms with Gasteiger partial charge in [-0.1, -0.05) is 18.6 Å². The van der Waals surface area contributed by atoms with Crippen LogP contribution in [0.1, 0.15) is 29.8 Å². The van der Waals surface area contributed by atoms with Crippen molar-refractivity contribution in [3.8, 4) is 0 Å². The second-order valence-corrected chi connectivity index (χ2v) is 9.51. The number of nitrogens with zero attached hydrogens (tertiary/aromatic N) is 2. The molecule has 0 unspecified atom stereocenters. The van der Waals surface area contributed by atoms with Crippen molar-refractivity contribution in [3.05, 3.63) is 40.7 Å². The molecule has 6 nitrogen and oxygen atoms in total. The van der Waals surface area contributed by atoms with E-state index in [4.69, 9.17) is 0 Å². The van der Waals surface area contributed by atoms with Gasteiger partial charge in [0.05, 0.1) is 12.2 Å². The molecule has 1 aliphatic carbocycles. The van der Waals surface area contributed by atoms with Gasteiger partial charge in [-0.2, -0.15) is 4.31 Å². The van der Waals surface area contributed by atoms with Crippen LogP contribution in [-0.4, -0.2) is 30.2 Å². The summed E-state index contributed by atoms with van der Waals surface area (Å²) in [6.07, 6.45) is 3.34. The van der Waals surface area contributed by atoms with Crippen LogP contribution < -0.4 is 5.32 Å². The molecule has 0 saturated heterocycles. The van der Waals surface area contributed by atoms with Crippen molar-refractivity contribution in [1.29, 1.82) is 0 Å². The average molecular weight is 395 g/mol. The highest BCUT2D eigenvalue weighted by Gasteiger charge is 2.32. The Morgan fingerprint density at radius 2 is 2.08 bits per heavy atom. The third-order valence-corrected chi connectivity index (χ3v) is 7.73. The van der Waals surface area contributed by atoms with Crippen molar-refractivity contribution < 1.29 is 17.6 Å². The van der Waals surface area contributed by atoms with Crippen molar-refractivity contribution in [2.24, 2.45) is 5.92 Å². The van der Waals surface area contributed by atoms with E-state index < -0.39 is 15.8 Å². The summed E-state index contributed by atoms with van der Waals surface area (Å²) in [6, 6.07) is 5.38. The number of carbonyl (C=O) groups excluding carboxylic acids is 1. The lowest BCUT2D eigenvalue weighted by atomic mass is 9.85. The van der Waals surface area contributed by atoms with Gasteiger partial charge in [0.25, 0.3) is 0 Å². The summed E-state index contributed by atoms with van der Waals surface area (Å²) < 4.78 is 40.7. The van der Waals surface area contributed by atoms with Crippen molar-refractivity contribution in [2.45, 2.75) is 37.1 Å². The number of aromatic nitrogens is 1. The molecule has 2 aliphatic rings. The Morgan fingerprint density at radius 3 is 2.77 bits per heavy atom. The molecule has 1 fully saturated rings. The molecule has 0 bridgehead atoms. The van der Waals surface area contributed by atoms with E-state index in [1.807, 2.05) is 0 Å². The highest BCUT2D eigenvalue weighted by molar-refractivity contribution is 7.89. The molecule has 4 rings (SSSR count). The normalized spacial score (nSPS) is 18.2. The molecule has 0 radical (unpaired) electrons. The Morgan fingerprint density at radius 1 is 1.31 bits per heavy atom. The minimum absolute atomic E-state index is 0.0156. The van der Waals surface area contributed by atoms with Crippen LogP contribution in [0.5, 0.6) is 0 Å². The Hall–Kier alpha value is -1.84. The minimum atomic E-state index is -3.91. The Bertz CT molecular complexity index is 954. The lowest BCUT2D eigenvalue weighted by Crippen LogP contribution is -2.35. The van der Waals surface area contributed by atoms with Gasteiger partial charge in [-0.3, -0.25) is 4.79 Å². The van der Waals surface area contributed by atoms with Crippen molar-refractivity contribution in [1.82, 2.24) is 9.29 Å². The summed E-state index contributed by atoms with van der Waals surface area (Å²) in [5.41, 5.74) is 0.805. The molecule has 0 spiro atoms. The SMILES string of the molecule is O=C(Nc1nc2c(s1)CN(S(=O)(=O)c1ccccc1F)CC2)C1CCC1. The number of rotatable bonds is 4. The summed E-state index contributed by atoms with van der Waals surface area (Å²) in [5, 5.41) is 3.35. The van der Waals surface area contributed by atoms with E-state index in [-0.39, 0.29) is 29.8 Å². The fourth-order valence-electron chi connectivity index (χ4n) is 3.10. The van der Waals surface area contributed by atoms with E-state index in [1.165, 1.54) is 33.8 Å². The number of nitrogens with one attached hydrogen (secondary N) is 1. The van der Waals surface area contributed by atoms with Crippen molar-refractivity contribution in [3.63, 3.8) is 0 Å². The third kappa shape index (κ3) is 3.15. The number of thiazole rings is 1. The first-order chi connectivity index (χ1) is 12.4. The largest absolute Gasteiger partial charge is 0.302 e. The van der Waals surface area contributed by atoms with E-state index >= 15 is 0 Å². The molecule has 2 aromatic rings. The number of benzene rings is 1. The quantitative estimate of drug-likeness (QED) is 0.863. The maximum absolute atomic E-state index is 13.9. The number of sulfonamides is 1. The average Bonchev–Trinajstić information content (AvgIpc) is 2.94. The van der Waals surface area contributed by atoms with Crippen LogP contribution in [0.2, 0.25) is 0 Å². The zero-order valence-electron chi connectivity index (χ0n) is 13.9. The first-order valence-corrected chi connectivity index (χ1v) is 10.7. The van der Waals surface area contributed by atoms with Crippen LogP contribution in [0.15, 0.2) is 29.2 Å². The van der Waals surface area contributed by atoms with E-state index in [0.29, 0.717) is 11.6 Å². The van der Waals surface area contributed by atoms with Crippen LogP contribution >= 0.6 is 11.3 Å². The second kappa shape index (κ2) is 6.71. The van der Waals surface area contributed by atoms with Gasteiger partial charge < -0.3 is 5.32 Å². The summed E-state index contributed by atoms with van der Waals surface area (Å²) >= 11 is 1.29. The van der Waals surface area contributed by atoms with Gasteiger partial charge in [-0.05, 0) is 25.0 Å². The maximum atomic E-state index is 13.9. The lowest BCUT2D eigenvalue weighted by molar-refractivity contribution is -0.122. The summed E-state index contributed by atoms with van der Waals surface area (Å²) in [4.78, 5) is 17.0. The van der Waals surface area contributed by atoms with Crippen molar-refractivity contribution >= 4 is 32.4 Å². The fraction of sp³-hybridized carbons (Fsp3) is 0.412. The molecular weight excluding hydrogens is 377 g/mol. The number of halogens is 1. The summed E-state index contributed by atoms with van der Waals surface area (Å²) in [5.74, 6) is -0.705. The lowest BCUT2D eigenvalue weighted by Gasteiger charge is -2.25. The molecule has 9 heteroatoms. The van der Waals surface area contributed by atoms with Gasteiger partial charge in [0, 0.05) is 23.8 Å². The van der Waals surface area contributed by atoms with Crippen LogP contribution in [0.25, 0.3) is 0 Å². The molecule has 1 saturated carbocycles. The molecule has 1 aromatic heterocycles. The third-order valence-electron chi connectivity index (χ3n) is 4.86. The highest BCUT2D eigenvalue weighted by atomic mass is 32.2. The molecule has 1 aliphatic heterocycles. The van der Waals surface area contributed by atoms with Gasteiger partial charge in [0.15, 0.2) is 5.13 Å². The standard InChI is InChI=1S/C17H18FN3O3S2/c18-12-6-1-2-7-15(12)26(23,24)21-9-8-13-14(10-21)25-17(19-13)20-16(22)11-4-3-5-11/h1-2,6-7,11H,3-5,8-10H2,(H,19,20,22). The number of anilines is 1. The number of hydrogen-bond donors (Lipinski definition) is 1. The zero-order valence-corrected chi connectivity index (χ0v) is 15.6. The Labute approximate surface area is 155 Å². The Balaban J connectivity index is 1.52. The zero-order chi connectivity index (χ0) is 18.3. The van der Waals surface area contributed by atoms with Gasteiger partial charge in [0.2, 0.25) is 15.9 Å². The van der Waals surface area contributed by atoms with Crippen LogP contribution in [0.4, 0.5) is 9.52 Å². The van der Waals surface area contributed by atoms with E-state index in [2.05, 4.69) is 10.3 Å². The molecule has 26 heavy (non-hydrogen) atoms. The monoisotopic (exact) mass is 395 g/mol. The summed E-state index contributed by atoms with van der Waals surface area (Å²) in [6.45, 7) is 0.381. The first-order valence-electron chi connectivity index (χ1n) is 8.49. The van der Waals surface area contributed by atoms with Crippen LogP contribution in [0, 0.1) is 11.7 Å². The Kier molecular flexibility index (Phi) is 4.54. The second-order valence-electron chi connectivity index (χ2n) is 6.52. The van der Waals surface area contributed by atoms with Gasteiger partial charge in [-0.15, -0.1) is 11.3 Å². The number of amides is 1.